The van der Waals surface area contributed by atoms with Gasteiger partial charge in [0.25, 0.3) is 0 Å². The second-order valence-electron chi connectivity index (χ2n) is 9.17. The lowest BCUT2D eigenvalue weighted by Crippen LogP contribution is -2.47. The standard InChI is InChI=1S/C27H35N3O3/c1-33-24-12-10-22(11-13-24)20-29-17-14-21(15-18-29)19-28-27(32)26(23-7-3-2-4-8-23)30-16-6-5-9-25(30)31/h2-4,7-8,10-13,21,26H,5-6,9,14-20H2,1H3,(H,28,32). The van der Waals surface area contributed by atoms with Crippen LogP contribution in [0.5, 0.6) is 5.75 Å². The molecule has 2 aromatic carbocycles. The first-order valence-electron chi connectivity index (χ1n) is 12.1. The number of carbonyl (C=O) groups excluding carboxylic acids is 2. The number of ether oxygens (including phenoxy) is 1. The van der Waals surface area contributed by atoms with Crippen molar-refractivity contribution in [2.75, 3.05) is 33.3 Å². The van der Waals surface area contributed by atoms with Gasteiger partial charge in [0.1, 0.15) is 11.8 Å². The molecule has 176 valence electrons. The van der Waals surface area contributed by atoms with Gasteiger partial charge in [0.05, 0.1) is 7.11 Å². The number of benzene rings is 2. The number of nitrogens with one attached hydrogen (secondary N) is 1. The van der Waals surface area contributed by atoms with E-state index in [2.05, 4.69) is 22.3 Å². The first-order chi connectivity index (χ1) is 16.1. The number of amides is 2. The lowest BCUT2D eigenvalue weighted by molar-refractivity contribution is -0.142. The Balaban J connectivity index is 1.29. The number of hydrogen-bond donors (Lipinski definition) is 1. The fourth-order valence-corrected chi connectivity index (χ4v) is 4.89. The maximum atomic E-state index is 13.3. The van der Waals surface area contributed by atoms with E-state index in [1.807, 2.05) is 42.5 Å². The molecule has 0 aliphatic carbocycles. The Morgan fingerprint density at radius 1 is 1.03 bits per heavy atom. The Morgan fingerprint density at radius 3 is 2.42 bits per heavy atom. The minimum Gasteiger partial charge on any atom is -0.497 e. The molecule has 2 amide bonds. The molecule has 1 N–H and O–H groups in total. The summed E-state index contributed by atoms with van der Waals surface area (Å²) in [4.78, 5) is 30.1. The predicted molar refractivity (Wildman–Crippen MR) is 129 cm³/mol. The third-order valence-electron chi connectivity index (χ3n) is 6.87. The second-order valence-corrected chi connectivity index (χ2v) is 9.17. The van der Waals surface area contributed by atoms with Crippen LogP contribution in [0.3, 0.4) is 0 Å². The van der Waals surface area contributed by atoms with Crippen LogP contribution in [0.1, 0.15) is 49.3 Å². The molecule has 33 heavy (non-hydrogen) atoms. The van der Waals surface area contributed by atoms with Crippen LogP contribution in [0.15, 0.2) is 54.6 Å². The summed E-state index contributed by atoms with van der Waals surface area (Å²) in [6, 6.07) is 17.4. The minimum absolute atomic E-state index is 0.0582. The highest BCUT2D eigenvalue weighted by Crippen LogP contribution is 2.26. The maximum absolute atomic E-state index is 13.3. The van der Waals surface area contributed by atoms with Crippen molar-refractivity contribution < 1.29 is 14.3 Å². The quantitative estimate of drug-likeness (QED) is 0.666. The molecular formula is C27H35N3O3. The van der Waals surface area contributed by atoms with E-state index in [1.54, 1.807) is 12.0 Å². The number of rotatable bonds is 8. The Hall–Kier alpha value is -2.86. The highest BCUT2D eigenvalue weighted by atomic mass is 16.5. The molecule has 2 saturated heterocycles. The van der Waals surface area contributed by atoms with Gasteiger partial charge in [-0.05, 0) is 68.0 Å². The van der Waals surface area contributed by atoms with Gasteiger partial charge in [-0.3, -0.25) is 14.5 Å². The van der Waals surface area contributed by atoms with Crippen molar-refractivity contribution in [1.29, 1.82) is 0 Å². The molecule has 2 aromatic rings. The van der Waals surface area contributed by atoms with E-state index < -0.39 is 6.04 Å². The van der Waals surface area contributed by atoms with Gasteiger partial charge in [0, 0.05) is 26.1 Å². The molecule has 2 aliphatic heterocycles. The third-order valence-corrected chi connectivity index (χ3v) is 6.87. The Morgan fingerprint density at radius 2 is 1.76 bits per heavy atom. The molecule has 2 fully saturated rings. The molecular weight excluding hydrogens is 414 g/mol. The van der Waals surface area contributed by atoms with Gasteiger partial charge in [-0.25, -0.2) is 0 Å². The summed E-state index contributed by atoms with van der Waals surface area (Å²) >= 11 is 0. The zero-order valence-electron chi connectivity index (χ0n) is 19.5. The summed E-state index contributed by atoms with van der Waals surface area (Å²) in [5.74, 6) is 1.37. The summed E-state index contributed by atoms with van der Waals surface area (Å²) in [6.45, 7) is 4.31. The molecule has 0 radical (unpaired) electrons. The van der Waals surface area contributed by atoms with E-state index >= 15 is 0 Å². The van der Waals surface area contributed by atoms with Crippen molar-refractivity contribution in [2.24, 2.45) is 5.92 Å². The number of nitrogens with zero attached hydrogens (tertiary/aromatic N) is 2. The summed E-state index contributed by atoms with van der Waals surface area (Å²) in [7, 11) is 1.69. The van der Waals surface area contributed by atoms with Crippen molar-refractivity contribution in [2.45, 2.75) is 44.7 Å². The zero-order valence-corrected chi connectivity index (χ0v) is 19.5. The summed E-state index contributed by atoms with van der Waals surface area (Å²) in [5.41, 5.74) is 2.18. The van der Waals surface area contributed by atoms with Crippen molar-refractivity contribution in [3.63, 3.8) is 0 Å². The monoisotopic (exact) mass is 449 g/mol. The molecule has 0 aromatic heterocycles. The number of carbonyl (C=O) groups is 2. The van der Waals surface area contributed by atoms with Crippen molar-refractivity contribution in [3.8, 4) is 5.75 Å². The van der Waals surface area contributed by atoms with Crippen LogP contribution in [-0.2, 0) is 16.1 Å². The number of methoxy groups -OCH3 is 1. The van der Waals surface area contributed by atoms with Crippen LogP contribution in [0.4, 0.5) is 0 Å². The average Bonchev–Trinajstić information content (AvgIpc) is 2.86. The summed E-state index contributed by atoms with van der Waals surface area (Å²) in [5, 5.41) is 3.18. The highest BCUT2D eigenvalue weighted by Gasteiger charge is 2.33. The first-order valence-corrected chi connectivity index (χ1v) is 12.1. The van der Waals surface area contributed by atoms with Crippen molar-refractivity contribution in [3.05, 3.63) is 65.7 Å². The van der Waals surface area contributed by atoms with E-state index in [9.17, 15) is 9.59 Å². The Bertz CT molecular complexity index is 908. The lowest BCUT2D eigenvalue weighted by atomic mass is 9.95. The predicted octanol–water partition coefficient (Wildman–Crippen LogP) is 3.78. The van der Waals surface area contributed by atoms with Crippen LogP contribution in [-0.4, -0.2) is 54.9 Å². The summed E-state index contributed by atoms with van der Waals surface area (Å²) in [6.07, 6.45) is 4.52. The first kappa shape index (κ1) is 23.3. The van der Waals surface area contributed by atoms with Gasteiger partial charge >= 0.3 is 0 Å². The van der Waals surface area contributed by atoms with Crippen LogP contribution in [0, 0.1) is 5.92 Å². The van der Waals surface area contributed by atoms with E-state index in [1.165, 1.54) is 5.56 Å². The molecule has 2 heterocycles. The van der Waals surface area contributed by atoms with Crippen LogP contribution < -0.4 is 10.1 Å². The van der Waals surface area contributed by atoms with Crippen molar-refractivity contribution in [1.82, 2.24) is 15.1 Å². The maximum Gasteiger partial charge on any atom is 0.247 e. The fraction of sp³-hybridized carbons (Fsp3) is 0.481. The van der Waals surface area contributed by atoms with E-state index in [-0.39, 0.29) is 11.8 Å². The second kappa shape index (κ2) is 11.3. The fourth-order valence-electron chi connectivity index (χ4n) is 4.89. The SMILES string of the molecule is COc1ccc(CN2CCC(CNC(=O)C(c3ccccc3)N3CCCCC3=O)CC2)cc1. The number of piperidine rings is 2. The van der Waals surface area contributed by atoms with Gasteiger partial charge in [0.2, 0.25) is 11.8 Å². The highest BCUT2D eigenvalue weighted by molar-refractivity contribution is 5.89. The van der Waals surface area contributed by atoms with Gasteiger partial charge < -0.3 is 15.0 Å². The Labute approximate surface area is 196 Å². The molecule has 6 heteroatoms. The van der Waals surface area contributed by atoms with Crippen molar-refractivity contribution >= 4 is 11.8 Å². The van der Waals surface area contributed by atoms with Gasteiger partial charge in [-0.2, -0.15) is 0 Å². The molecule has 0 spiro atoms. The largest absolute Gasteiger partial charge is 0.497 e. The molecule has 4 rings (SSSR count). The molecule has 0 bridgehead atoms. The van der Waals surface area contributed by atoms with E-state index in [0.29, 0.717) is 25.4 Å². The smallest absolute Gasteiger partial charge is 0.247 e. The lowest BCUT2D eigenvalue weighted by Gasteiger charge is -2.35. The zero-order chi connectivity index (χ0) is 23.0. The number of likely N-dealkylation sites (tertiary alicyclic amines) is 2. The molecule has 0 saturated carbocycles. The van der Waals surface area contributed by atoms with Crippen LogP contribution in [0.25, 0.3) is 0 Å². The molecule has 1 atom stereocenters. The molecule has 1 unspecified atom stereocenters. The summed E-state index contributed by atoms with van der Waals surface area (Å²) < 4.78 is 5.24. The molecule has 2 aliphatic rings. The molecule has 6 nitrogen and oxygen atoms in total. The van der Waals surface area contributed by atoms with Gasteiger partial charge in [-0.1, -0.05) is 42.5 Å². The average molecular weight is 450 g/mol. The normalized spacial score (nSPS) is 18.7. The third kappa shape index (κ3) is 6.14. The Kier molecular flexibility index (Phi) is 8.00. The van der Waals surface area contributed by atoms with Crippen LogP contribution in [0.2, 0.25) is 0 Å². The topological polar surface area (TPSA) is 61.9 Å². The number of hydrogen-bond acceptors (Lipinski definition) is 4. The van der Waals surface area contributed by atoms with E-state index in [4.69, 9.17) is 4.74 Å². The van der Waals surface area contributed by atoms with E-state index in [0.717, 1.165) is 56.6 Å². The minimum atomic E-state index is -0.533. The van der Waals surface area contributed by atoms with Gasteiger partial charge in [0.15, 0.2) is 0 Å². The van der Waals surface area contributed by atoms with Gasteiger partial charge in [-0.15, -0.1) is 0 Å². The van der Waals surface area contributed by atoms with Crippen LogP contribution >= 0.6 is 0 Å².